The molecular formula is C16H20N2O. The van der Waals surface area contributed by atoms with Crippen LogP contribution in [0.15, 0.2) is 54.6 Å². The minimum Gasteiger partial charge on any atom is -0.494 e. The highest BCUT2D eigenvalue weighted by molar-refractivity contribution is 5.47. The van der Waals surface area contributed by atoms with Crippen LogP contribution in [0.5, 0.6) is 5.75 Å². The Balaban J connectivity index is 1.90. The van der Waals surface area contributed by atoms with Crippen LogP contribution in [0.25, 0.3) is 0 Å². The van der Waals surface area contributed by atoms with Gasteiger partial charge < -0.3 is 9.75 Å². The van der Waals surface area contributed by atoms with E-state index in [1.54, 1.807) is 5.01 Å². The highest BCUT2D eigenvalue weighted by Crippen LogP contribution is 2.17. The molecule has 0 bridgehead atoms. The third-order valence-electron chi connectivity index (χ3n) is 2.96. The Morgan fingerprint density at radius 1 is 1.00 bits per heavy atom. The van der Waals surface area contributed by atoms with Crippen molar-refractivity contribution in [3.05, 3.63) is 60.2 Å². The van der Waals surface area contributed by atoms with Crippen LogP contribution >= 0.6 is 0 Å². The minimum atomic E-state index is 0.680. The smallest absolute Gasteiger partial charge is 0.119 e. The van der Waals surface area contributed by atoms with Crippen LogP contribution < -0.4 is 15.6 Å². The highest BCUT2D eigenvalue weighted by Gasteiger charge is 2.02. The molecule has 0 unspecified atom stereocenters. The van der Waals surface area contributed by atoms with Crippen LogP contribution in [0.2, 0.25) is 0 Å². The van der Waals surface area contributed by atoms with Crippen LogP contribution in [-0.4, -0.2) is 13.2 Å². The lowest BCUT2D eigenvalue weighted by molar-refractivity contribution is 0.340. The van der Waals surface area contributed by atoms with Gasteiger partial charge in [-0.1, -0.05) is 30.3 Å². The topological polar surface area (TPSA) is 38.5 Å². The second-order valence-corrected chi connectivity index (χ2v) is 4.36. The molecule has 0 fully saturated rings. The molecule has 2 N–H and O–H groups in total. The van der Waals surface area contributed by atoms with E-state index in [0.717, 1.165) is 24.4 Å². The first-order chi connectivity index (χ1) is 9.29. The second kappa shape index (κ2) is 6.81. The van der Waals surface area contributed by atoms with Crippen molar-refractivity contribution in [1.29, 1.82) is 0 Å². The lowest BCUT2D eigenvalue weighted by atomic mass is 10.1. The lowest BCUT2D eigenvalue weighted by Gasteiger charge is -2.19. The van der Waals surface area contributed by atoms with Crippen molar-refractivity contribution in [3.8, 4) is 5.75 Å². The van der Waals surface area contributed by atoms with Gasteiger partial charge in [0, 0.05) is 6.54 Å². The fraction of sp³-hybridized carbons (Fsp3) is 0.250. The molecule has 0 aliphatic heterocycles. The summed E-state index contributed by atoms with van der Waals surface area (Å²) < 4.78 is 5.41. The van der Waals surface area contributed by atoms with Gasteiger partial charge in [-0.2, -0.15) is 0 Å². The molecule has 0 saturated carbocycles. The normalized spacial score (nSPS) is 10.2. The molecule has 0 amide bonds. The molecular weight excluding hydrogens is 236 g/mol. The first-order valence-corrected chi connectivity index (χ1v) is 6.58. The van der Waals surface area contributed by atoms with Crippen molar-refractivity contribution in [2.45, 2.75) is 13.3 Å². The van der Waals surface area contributed by atoms with E-state index < -0.39 is 0 Å². The number of hydrogen-bond donors (Lipinski definition) is 1. The number of anilines is 1. The molecule has 0 saturated heterocycles. The van der Waals surface area contributed by atoms with Crippen LogP contribution in [0.4, 0.5) is 5.69 Å². The molecule has 3 heteroatoms. The Morgan fingerprint density at radius 3 is 2.32 bits per heavy atom. The van der Waals surface area contributed by atoms with Gasteiger partial charge in [-0.15, -0.1) is 0 Å². The van der Waals surface area contributed by atoms with E-state index in [9.17, 15) is 0 Å². The van der Waals surface area contributed by atoms with E-state index in [2.05, 4.69) is 12.1 Å². The average Bonchev–Trinajstić information content (AvgIpc) is 2.47. The first-order valence-electron chi connectivity index (χ1n) is 6.58. The van der Waals surface area contributed by atoms with Gasteiger partial charge in [-0.3, -0.25) is 0 Å². The van der Waals surface area contributed by atoms with E-state index in [1.807, 2.05) is 49.4 Å². The Kier molecular flexibility index (Phi) is 4.81. The standard InChI is InChI=1S/C16H20N2O/c1-2-19-16-10-8-15(9-11-16)18(17)13-12-14-6-4-3-5-7-14/h3-11H,2,12-13,17H2,1H3. The fourth-order valence-corrected chi connectivity index (χ4v) is 1.92. The summed E-state index contributed by atoms with van der Waals surface area (Å²) >= 11 is 0. The maximum absolute atomic E-state index is 6.06. The number of ether oxygens (including phenoxy) is 1. The summed E-state index contributed by atoms with van der Waals surface area (Å²) in [7, 11) is 0. The summed E-state index contributed by atoms with van der Waals surface area (Å²) in [6.07, 6.45) is 0.935. The zero-order valence-corrected chi connectivity index (χ0v) is 11.3. The lowest BCUT2D eigenvalue weighted by Crippen LogP contribution is -2.32. The molecule has 100 valence electrons. The molecule has 2 aromatic carbocycles. The van der Waals surface area contributed by atoms with E-state index in [4.69, 9.17) is 10.6 Å². The number of benzene rings is 2. The average molecular weight is 256 g/mol. The molecule has 2 aromatic rings. The zero-order valence-electron chi connectivity index (χ0n) is 11.3. The second-order valence-electron chi connectivity index (χ2n) is 4.36. The predicted molar refractivity (Wildman–Crippen MR) is 79.3 cm³/mol. The van der Waals surface area contributed by atoms with Crippen LogP contribution in [0.3, 0.4) is 0 Å². The number of rotatable bonds is 6. The van der Waals surface area contributed by atoms with Crippen molar-refractivity contribution >= 4 is 5.69 Å². The van der Waals surface area contributed by atoms with Crippen molar-refractivity contribution in [3.63, 3.8) is 0 Å². The van der Waals surface area contributed by atoms with Crippen molar-refractivity contribution < 1.29 is 4.74 Å². The monoisotopic (exact) mass is 256 g/mol. The summed E-state index contributed by atoms with van der Waals surface area (Å²) in [6, 6.07) is 18.2. The van der Waals surface area contributed by atoms with Gasteiger partial charge in [0.15, 0.2) is 0 Å². The van der Waals surface area contributed by atoms with Gasteiger partial charge in [-0.05, 0) is 43.2 Å². The largest absolute Gasteiger partial charge is 0.494 e. The van der Waals surface area contributed by atoms with Crippen molar-refractivity contribution in [1.82, 2.24) is 0 Å². The third-order valence-corrected chi connectivity index (χ3v) is 2.96. The molecule has 2 rings (SSSR count). The molecule has 0 aromatic heterocycles. The number of hydrazine groups is 1. The summed E-state index contributed by atoms with van der Waals surface area (Å²) in [5.74, 6) is 6.94. The quantitative estimate of drug-likeness (QED) is 0.638. The number of nitrogens with two attached hydrogens (primary N) is 1. The Labute approximate surface area is 114 Å². The maximum atomic E-state index is 6.06. The Morgan fingerprint density at radius 2 is 1.68 bits per heavy atom. The molecule has 19 heavy (non-hydrogen) atoms. The summed E-state index contributed by atoms with van der Waals surface area (Å²) in [4.78, 5) is 0. The van der Waals surface area contributed by atoms with E-state index in [0.29, 0.717) is 6.61 Å². The SMILES string of the molecule is CCOc1ccc(N(N)CCc2ccccc2)cc1. The van der Waals surface area contributed by atoms with Gasteiger partial charge in [0.25, 0.3) is 0 Å². The molecule has 0 spiro atoms. The number of nitrogens with zero attached hydrogens (tertiary/aromatic N) is 1. The van der Waals surface area contributed by atoms with Gasteiger partial charge >= 0.3 is 0 Å². The van der Waals surface area contributed by atoms with Crippen molar-refractivity contribution in [2.24, 2.45) is 5.84 Å². The maximum Gasteiger partial charge on any atom is 0.119 e. The Bertz CT molecular complexity index is 482. The van der Waals surface area contributed by atoms with Crippen LogP contribution in [-0.2, 0) is 6.42 Å². The van der Waals surface area contributed by atoms with Crippen LogP contribution in [0.1, 0.15) is 12.5 Å². The molecule has 0 aliphatic rings. The summed E-state index contributed by atoms with van der Waals surface area (Å²) in [6.45, 7) is 3.45. The van der Waals surface area contributed by atoms with Gasteiger partial charge in [0.1, 0.15) is 5.75 Å². The third kappa shape index (κ3) is 4.00. The Hall–Kier alpha value is -2.00. The fourth-order valence-electron chi connectivity index (χ4n) is 1.92. The molecule has 3 nitrogen and oxygen atoms in total. The van der Waals surface area contributed by atoms with Gasteiger partial charge in [0.05, 0.1) is 12.3 Å². The van der Waals surface area contributed by atoms with Crippen molar-refractivity contribution in [2.75, 3.05) is 18.2 Å². The zero-order chi connectivity index (χ0) is 13.5. The van der Waals surface area contributed by atoms with Crippen LogP contribution in [0, 0.1) is 0 Å². The van der Waals surface area contributed by atoms with E-state index in [-0.39, 0.29) is 0 Å². The number of hydrogen-bond acceptors (Lipinski definition) is 3. The predicted octanol–water partition coefficient (Wildman–Crippen LogP) is 3.01. The molecule has 0 heterocycles. The minimum absolute atomic E-state index is 0.680. The summed E-state index contributed by atoms with van der Waals surface area (Å²) in [5.41, 5.74) is 2.29. The van der Waals surface area contributed by atoms with E-state index >= 15 is 0 Å². The summed E-state index contributed by atoms with van der Waals surface area (Å²) in [5, 5.41) is 1.77. The van der Waals surface area contributed by atoms with Gasteiger partial charge in [0.2, 0.25) is 0 Å². The van der Waals surface area contributed by atoms with Gasteiger partial charge in [-0.25, -0.2) is 5.84 Å². The van der Waals surface area contributed by atoms with E-state index in [1.165, 1.54) is 5.56 Å². The molecule has 0 radical (unpaired) electrons. The highest BCUT2D eigenvalue weighted by atomic mass is 16.5. The molecule has 0 atom stereocenters. The first kappa shape index (κ1) is 13.4. The molecule has 0 aliphatic carbocycles.